The van der Waals surface area contributed by atoms with Crippen LogP contribution in [0.2, 0.25) is 0 Å². The summed E-state index contributed by atoms with van der Waals surface area (Å²) in [6.07, 6.45) is 2.94. The van der Waals surface area contributed by atoms with Crippen molar-refractivity contribution in [3.05, 3.63) is 77.9 Å². The van der Waals surface area contributed by atoms with Gasteiger partial charge in [0, 0.05) is 63.4 Å². The Hall–Kier alpha value is -4.28. The molecule has 1 unspecified atom stereocenters. The van der Waals surface area contributed by atoms with E-state index in [0.29, 0.717) is 49.1 Å². The van der Waals surface area contributed by atoms with Crippen LogP contribution in [0, 0.1) is 0 Å². The van der Waals surface area contributed by atoms with Crippen molar-refractivity contribution in [3.63, 3.8) is 0 Å². The summed E-state index contributed by atoms with van der Waals surface area (Å²) in [5, 5.41) is 0. The molecular weight excluding hydrogens is 606 g/mol. The molecule has 0 bridgehead atoms. The van der Waals surface area contributed by atoms with Gasteiger partial charge in [-0.1, -0.05) is 42.5 Å². The lowest BCUT2D eigenvalue weighted by atomic mass is 9.76. The minimum absolute atomic E-state index is 0.0525. The van der Waals surface area contributed by atoms with E-state index in [-0.39, 0.29) is 11.3 Å². The topological polar surface area (TPSA) is 81.5 Å². The van der Waals surface area contributed by atoms with Crippen LogP contribution in [0.3, 0.4) is 0 Å². The molecule has 48 heavy (non-hydrogen) atoms. The van der Waals surface area contributed by atoms with E-state index in [2.05, 4.69) is 69.0 Å². The number of hydrogen-bond donors (Lipinski definition) is 0. The summed E-state index contributed by atoms with van der Waals surface area (Å²) in [5.41, 5.74) is 3.82. The van der Waals surface area contributed by atoms with Crippen molar-refractivity contribution >= 4 is 22.9 Å². The van der Waals surface area contributed by atoms with Crippen LogP contribution in [0.4, 0.5) is 5.95 Å². The molecule has 256 valence electrons. The summed E-state index contributed by atoms with van der Waals surface area (Å²) in [7, 11) is 4.74. The molecule has 6 rings (SSSR count). The first kappa shape index (κ1) is 33.6. The first-order chi connectivity index (χ1) is 23.5. The predicted molar refractivity (Wildman–Crippen MR) is 189 cm³/mol. The third-order valence-corrected chi connectivity index (χ3v) is 10.0. The van der Waals surface area contributed by atoms with Crippen LogP contribution >= 0.6 is 0 Å². The van der Waals surface area contributed by atoms with Crippen LogP contribution in [-0.2, 0) is 16.7 Å². The summed E-state index contributed by atoms with van der Waals surface area (Å²) in [6, 6.07) is 22.6. The molecule has 4 aromatic rings. The second-order valence-electron chi connectivity index (χ2n) is 12.7. The number of carbonyl (C=O) groups excluding carboxylic acids is 1. The predicted octanol–water partition coefficient (Wildman–Crippen LogP) is 5.48. The number of imidazole rings is 1. The van der Waals surface area contributed by atoms with Gasteiger partial charge < -0.3 is 38.2 Å². The van der Waals surface area contributed by atoms with Crippen LogP contribution in [0.25, 0.3) is 11.0 Å². The lowest BCUT2D eigenvalue weighted by Gasteiger charge is -2.33. The van der Waals surface area contributed by atoms with Gasteiger partial charge in [0.15, 0.2) is 11.5 Å². The van der Waals surface area contributed by atoms with Crippen molar-refractivity contribution < 1.29 is 23.7 Å². The Morgan fingerprint density at radius 1 is 0.833 bits per heavy atom. The number of anilines is 1. The number of carbonyl (C=O) groups is 1. The molecule has 2 saturated heterocycles. The molecule has 0 radical (unpaired) electrons. The maximum atomic E-state index is 14.0. The number of ether oxygens (including phenoxy) is 4. The van der Waals surface area contributed by atoms with Crippen molar-refractivity contribution in [3.8, 4) is 17.2 Å². The van der Waals surface area contributed by atoms with Crippen molar-refractivity contribution in [1.82, 2.24) is 19.4 Å². The summed E-state index contributed by atoms with van der Waals surface area (Å²) in [6.45, 7) is 10.4. The average molecular weight is 656 g/mol. The number of aromatic nitrogens is 2. The Kier molecular flexibility index (Phi) is 10.7. The highest BCUT2D eigenvalue weighted by atomic mass is 16.5. The minimum Gasteiger partial charge on any atom is -0.496 e. The highest BCUT2D eigenvalue weighted by molar-refractivity contribution is 5.98. The molecular formula is C38H49N5O5. The number of fused-ring (bicyclic) bond motifs is 1. The summed E-state index contributed by atoms with van der Waals surface area (Å²) >= 11 is 0. The molecule has 0 saturated carbocycles. The van der Waals surface area contributed by atoms with Crippen molar-refractivity contribution in [2.24, 2.45) is 0 Å². The smallest absolute Gasteiger partial charge is 0.257 e. The molecule has 2 fully saturated rings. The van der Waals surface area contributed by atoms with E-state index in [9.17, 15) is 4.79 Å². The van der Waals surface area contributed by atoms with Gasteiger partial charge in [0.05, 0.1) is 44.5 Å². The molecule has 2 aliphatic rings. The quantitative estimate of drug-likeness (QED) is 0.175. The van der Waals surface area contributed by atoms with E-state index in [1.165, 1.54) is 5.56 Å². The molecule has 10 heteroatoms. The first-order valence-electron chi connectivity index (χ1n) is 17.2. The van der Waals surface area contributed by atoms with E-state index in [1.54, 1.807) is 33.5 Å². The first-order valence-corrected chi connectivity index (χ1v) is 17.2. The van der Waals surface area contributed by atoms with E-state index >= 15 is 0 Å². The van der Waals surface area contributed by atoms with Gasteiger partial charge in [-0.15, -0.1) is 0 Å². The Morgan fingerprint density at radius 2 is 1.58 bits per heavy atom. The average Bonchev–Trinajstić information content (AvgIpc) is 3.65. The molecule has 0 aliphatic carbocycles. The van der Waals surface area contributed by atoms with E-state index < -0.39 is 0 Å². The fourth-order valence-electron chi connectivity index (χ4n) is 7.38. The van der Waals surface area contributed by atoms with Gasteiger partial charge in [-0.25, -0.2) is 4.98 Å². The summed E-state index contributed by atoms with van der Waals surface area (Å²) in [5.74, 6) is 2.51. The standard InChI is InChI=1S/C38H49N5O5/c1-5-48-25-24-43-32-15-10-9-14-31(32)39-37(43)41-19-11-18-40(22-23-41)20-16-38(29-12-7-6-8-13-29)17-21-42(28-38)36(44)30-26-34(46-3)35(47-4)27-33(30)45-2/h6-10,12-15,26-27H,5,11,16-25,28H2,1-4H3. The maximum Gasteiger partial charge on any atom is 0.257 e. The Morgan fingerprint density at radius 3 is 2.35 bits per heavy atom. The minimum atomic E-state index is -0.139. The van der Waals surface area contributed by atoms with Gasteiger partial charge in [-0.2, -0.15) is 0 Å². The number of amides is 1. The van der Waals surface area contributed by atoms with Gasteiger partial charge >= 0.3 is 0 Å². The number of benzene rings is 3. The summed E-state index contributed by atoms with van der Waals surface area (Å²) < 4.78 is 24.7. The highest BCUT2D eigenvalue weighted by Crippen LogP contribution is 2.41. The normalized spacial score (nSPS) is 18.7. The van der Waals surface area contributed by atoms with E-state index in [0.717, 1.165) is 75.5 Å². The van der Waals surface area contributed by atoms with Crippen LogP contribution < -0.4 is 19.1 Å². The molecule has 10 nitrogen and oxygen atoms in total. The van der Waals surface area contributed by atoms with Gasteiger partial charge in [0.1, 0.15) is 5.75 Å². The molecule has 3 aromatic carbocycles. The van der Waals surface area contributed by atoms with Crippen LogP contribution in [0.5, 0.6) is 17.2 Å². The molecule has 3 heterocycles. The lowest BCUT2D eigenvalue weighted by Crippen LogP contribution is -2.39. The van der Waals surface area contributed by atoms with Crippen molar-refractivity contribution in [2.75, 3.05) is 85.3 Å². The van der Waals surface area contributed by atoms with Crippen LogP contribution in [-0.4, -0.2) is 106 Å². The molecule has 0 spiro atoms. The second-order valence-corrected chi connectivity index (χ2v) is 12.7. The fraction of sp³-hybridized carbons (Fsp3) is 0.474. The monoisotopic (exact) mass is 655 g/mol. The lowest BCUT2D eigenvalue weighted by molar-refractivity contribution is 0.0777. The Bertz CT molecular complexity index is 1680. The van der Waals surface area contributed by atoms with Crippen LogP contribution in [0.1, 0.15) is 42.1 Å². The van der Waals surface area contributed by atoms with Crippen molar-refractivity contribution in [2.45, 2.75) is 38.1 Å². The maximum absolute atomic E-state index is 14.0. The third-order valence-electron chi connectivity index (χ3n) is 10.0. The van der Waals surface area contributed by atoms with Crippen molar-refractivity contribution in [1.29, 1.82) is 0 Å². The zero-order valence-corrected chi connectivity index (χ0v) is 28.8. The largest absolute Gasteiger partial charge is 0.496 e. The van der Waals surface area contributed by atoms with Gasteiger partial charge in [0.25, 0.3) is 5.91 Å². The SMILES string of the molecule is CCOCCn1c(N2CCCN(CCC3(c4ccccc4)CCN(C(=O)c4cc(OC)c(OC)cc4OC)C3)CC2)nc2ccccc21. The number of nitrogens with zero attached hydrogens (tertiary/aromatic N) is 5. The molecule has 2 aliphatic heterocycles. The number of para-hydroxylation sites is 2. The zero-order chi connectivity index (χ0) is 33.5. The molecule has 1 atom stereocenters. The van der Waals surface area contributed by atoms with Gasteiger partial charge in [-0.3, -0.25) is 4.79 Å². The second kappa shape index (κ2) is 15.3. The molecule has 1 aromatic heterocycles. The molecule has 0 N–H and O–H groups in total. The number of methoxy groups -OCH3 is 3. The number of likely N-dealkylation sites (tertiary alicyclic amines) is 1. The number of rotatable bonds is 13. The Labute approximate surface area is 284 Å². The third kappa shape index (κ3) is 6.96. The van der Waals surface area contributed by atoms with E-state index in [1.807, 2.05) is 11.8 Å². The fourth-order valence-corrected chi connectivity index (χ4v) is 7.38. The van der Waals surface area contributed by atoms with Gasteiger partial charge in [-0.05, 0) is 57.0 Å². The van der Waals surface area contributed by atoms with Gasteiger partial charge in [0.2, 0.25) is 5.95 Å². The van der Waals surface area contributed by atoms with E-state index in [4.69, 9.17) is 23.9 Å². The van der Waals surface area contributed by atoms with Crippen LogP contribution in [0.15, 0.2) is 66.7 Å². The zero-order valence-electron chi connectivity index (χ0n) is 28.8. The summed E-state index contributed by atoms with van der Waals surface area (Å²) in [4.78, 5) is 26.1. The number of hydrogen-bond acceptors (Lipinski definition) is 8. The highest BCUT2D eigenvalue weighted by Gasteiger charge is 2.42. The molecule has 1 amide bonds. The Balaban J connectivity index is 1.17.